The minimum Gasteiger partial charge on any atom is -0.459 e. The fourth-order valence-electron chi connectivity index (χ4n) is 2.79. The topological polar surface area (TPSA) is 146 Å². The van der Waals surface area contributed by atoms with Crippen LogP contribution in [0.2, 0.25) is 0 Å². The number of carbonyl (C=O) groups is 4. The predicted molar refractivity (Wildman–Crippen MR) is 136 cm³/mol. The first kappa shape index (κ1) is 29.9. The smallest absolute Gasteiger partial charge is 0.338 e. The molecule has 10 heteroatoms. The summed E-state index contributed by atoms with van der Waals surface area (Å²) in [5.74, 6) is -2.60. The summed E-state index contributed by atoms with van der Waals surface area (Å²) >= 11 is 0. The van der Waals surface area contributed by atoms with Gasteiger partial charge in [-0.1, -0.05) is 37.4 Å². The van der Waals surface area contributed by atoms with E-state index in [1.165, 1.54) is 13.8 Å². The lowest BCUT2D eigenvalue weighted by Crippen LogP contribution is -2.25. The molecular formula is C28H30O10. The molecule has 38 heavy (non-hydrogen) atoms. The Morgan fingerprint density at radius 2 is 0.895 bits per heavy atom. The molecule has 2 N–H and O–H groups in total. The van der Waals surface area contributed by atoms with Crippen LogP contribution in [0.1, 0.15) is 34.6 Å². The van der Waals surface area contributed by atoms with Crippen molar-refractivity contribution in [2.75, 3.05) is 26.4 Å². The lowest BCUT2D eigenvalue weighted by Gasteiger charge is -2.12. The Bertz CT molecular complexity index is 1070. The SMILES string of the molecule is C=C(C)C(=O)OCC(O)COC(=O)c1ccc(-c2ccc(C(=O)OCC(O)COC(=O)C(=C)C)cc2)cc1. The van der Waals surface area contributed by atoms with Gasteiger partial charge in [0.15, 0.2) is 0 Å². The van der Waals surface area contributed by atoms with Crippen molar-refractivity contribution < 1.29 is 48.3 Å². The molecule has 0 saturated heterocycles. The van der Waals surface area contributed by atoms with Crippen molar-refractivity contribution in [3.8, 4) is 11.1 Å². The largest absolute Gasteiger partial charge is 0.459 e. The number of rotatable bonds is 13. The zero-order valence-electron chi connectivity index (χ0n) is 21.2. The van der Waals surface area contributed by atoms with Crippen LogP contribution in [0.25, 0.3) is 11.1 Å². The molecule has 2 unspecified atom stereocenters. The molecule has 0 aliphatic heterocycles. The Morgan fingerprint density at radius 3 is 1.18 bits per heavy atom. The number of hydrogen-bond acceptors (Lipinski definition) is 10. The maximum absolute atomic E-state index is 12.2. The monoisotopic (exact) mass is 526 g/mol. The van der Waals surface area contributed by atoms with E-state index in [1.807, 2.05) is 0 Å². The van der Waals surface area contributed by atoms with Crippen molar-refractivity contribution in [2.45, 2.75) is 26.1 Å². The summed E-state index contributed by atoms with van der Waals surface area (Å²) in [6.07, 6.45) is -2.34. The van der Waals surface area contributed by atoms with Gasteiger partial charge in [0.2, 0.25) is 0 Å². The predicted octanol–water partition coefficient (Wildman–Crippen LogP) is 2.63. The second-order valence-corrected chi connectivity index (χ2v) is 8.42. The van der Waals surface area contributed by atoms with E-state index in [0.29, 0.717) is 0 Å². The molecule has 0 amide bonds. The summed E-state index contributed by atoms with van der Waals surface area (Å²) in [5.41, 5.74) is 2.44. The summed E-state index contributed by atoms with van der Waals surface area (Å²) in [7, 11) is 0. The number of benzene rings is 2. The zero-order valence-corrected chi connectivity index (χ0v) is 21.2. The van der Waals surface area contributed by atoms with E-state index < -0.39 is 36.1 Å². The molecule has 2 atom stereocenters. The Morgan fingerprint density at radius 1 is 0.605 bits per heavy atom. The van der Waals surface area contributed by atoms with Gasteiger partial charge in [0.25, 0.3) is 0 Å². The third-order valence-corrected chi connectivity index (χ3v) is 4.90. The molecule has 2 rings (SSSR count). The number of aliphatic hydroxyl groups is 2. The van der Waals surface area contributed by atoms with Crippen LogP contribution in [0, 0.1) is 0 Å². The number of hydrogen-bond donors (Lipinski definition) is 2. The van der Waals surface area contributed by atoms with Crippen LogP contribution in [0.4, 0.5) is 0 Å². The molecule has 0 fully saturated rings. The van der Waals surface area contributed by atoms with Crippen LogP contribution < -0.4 is 0 Å². The highest BCUT2D eigenvalue weighted by atomic mass is 16.6. The molecule has 0 aliphatic rings. The van der Waals surface area contributed by atoms with Crippen LogP contribution in [0.5, 0.6) is 0 Å². The summed E-state index contributed by atoms with van der Waals surface area (Å²) in [4.78, 5) is 47.1. The first-order valence-corrected chi connectivity index (χ1v) is 11.5. The molecule has 2 aromatic rings. The van der Waals surface area contributed by atoms with Crippen LogP contribution in [0.3, 0.4) is 0 Å². The van der Waals surface area contributed by atoms with E-state index in [-0.39, 0.29) is 48.7 Å². The average molecular weight is 527 g/mol. The number of ether oxygens (including phenoxy) is 4. The zero-order chi connectivity index (χ0) is 28.2. The molecule has 0 aliphatic carbocycles. The van der Waals surface area contributed by atoms with Gasteiger partial charge in [0.05, 0.1) is 11.1 Å². The van der Waals surface area contributed by atoms with E-state index in [0.717, 1.165) is 11.1 Å². The van der Waals surface area contributed by atoms with Crippen molar-refractivity contribution in [2.24, 2.45) is 0 Å². The van der Waals surface area contributed by atoms with E-state index in [4.69, 9.17) is 18.9 Å². The van der Waals surface area contributed by atoms with Crippen LogP contribution in [-0.4, -0.2) is 72.7 Å². The maximum atomic E-state index is 12.2. The molecule has 10 nitrogen and oxygen atoms in total. The lowest BCUT2D eigenvalue weighted by molar-refractivity contribution is -0.143. The van der Waals surface area contributed by atoms with Crippen LogP contribution >= 0.6 is 0 Å². The minimum atomic E-state index is -1.17. The Labute approximate surface area is 220 Å². The second kappa shape index (κ2) is 14.5. The van der Waals surface area contributed by atoms with Crippen molar-refractivity contribution in [3.63, 3.8) is 0 Å². The Balaban J connectivity index is 1.84. The summed E-state index contributed by atoms with van der Waals surface area (Å²) in [6.45, 7) is 8.46. The van der Waals surface area contributed by atoms with Crippen molar-refractivity contribution in [1.82, 2.24) is 0 Å². The van der Waals surface area contributed by atoms with E-state index in [1.54, 1.807) is 48.5 Å². The highest BCUT2D eigenvalue weighted by Gasteiger charge is 2.15. The fourth-order valence-corrected chi connectivity index (χ4v) is 2.79. The standard InChI is InChI=1S/C28H30O10/c1-17(2)25(31)35-13-23(29)15-37-27(33)21-9-5-19(6-10-21)20-7-11-22(12-8-20)28(34)38-16-24(30)14-36-26(32)18(3)4/h5-12,23-24,29-30H,1,3,13-16H2,2,4H3. The molecule has 0 saturated carbocycles. The van der Waals surface area contributed by atoms with Gasteiger partial charge in [-0.25, -0.2) is 19.2 Å². The average Bonchev–Trinajstić information content (AvgIpc) is 2.91. The van der Waals surface area contributed by atoms with Crippen molar-refractivity contribution in [3.05, 3.63) is 84.0 Å². The lowest BCUT2D eigenvalue weighted by atomic mass is 10.0. The van der Waals surface area contributed by atoms with Crippen molar-refractivity contribution in [1.29, 1.82) is 0 Å². The molecule has 0 aromatic heterocycles. The van der Waals surface area contributed by atoms with Gasteiger partial charge in [-0.2, -0.15) is 0 Å². The number of aliphatic hydroxyl groups excluding tert-OH is 2. The molecule has 0 heterocycles. The van der Waals surface area contributed by atoms with Crippen LogP contribution in [0.15, 0.2) is 72.8 Å². The quantitative estimate of drug-likeness (QED) is 0.227. The summed E-state index contributed by atoms with van der Waals surface area (Å²) in [5, 5.41) is 19.6. The maximum Gasteiger partial charge on any atom is 0.338 e. The summed E-state index contributed by atoms with van der Waals surface area (Å²) < 4.78 is 19.7. The van der Waals surface area contributed by atoms with Gasteiger partial charge in [-0.3, -0.25) is 0 Å². The number of esters is 4. The molecule has 0 bridgehead atoms. The highest BCUT2D eigenvalue weighted by Crippen LogP contribution is 2.21. The first-order valence-electron chi connectivity index (χ1n) is 11.5. The van der Waals surface area contributed by atoms with Gasteiger partial charge in [0, 0.05) is 11.1 Å². The second-order valence-electron chi connectivity index (χ2n) is 8.42. The van der Waals surface area contributed by atoms with Gasteiger partial charge >= 0.3 is 23.9 Å². The fraction of sp³-hybridized carbons (Fsp3) is 0.286. The molecular weight excluding hydrogens is 496 g/mol. The van der Waals surface area contributed by atoms with Gasteiger partial charge < -0.3 is 29.2 Å². The van der Waals surface area contributed by atoms with E-state index in [9.17, 15) is 29.4 Å². The molecule has 0 radical (unpaired) electrons. The highest BCUT2D eigenvalue weighted by molar-refractivity contribution is 5.91. The Kier molecular flexibility index (Phi) is 11.4. The molecule has 202 valence electrons. The number of carbonyl (C=O) groups excluding carboxylic acids is 4. The van der Waals surface area contributed by atoms with Gasteiger partial charge in [0.1, 0.15) is 38.6 Å². The van der Waals surface area contributed by atoms with Crippen molar-refractivity contribution >= 4 is 23.9 Å². The first-order chi connectivity index (χ1) is 18.0. The normalized spacial score (nSPS) is 12.0. The van der Waals surface area contributed by atoms with E-state index in [2.05, 4.69) is 13.2 Å². The van der Waals surface area contributed by atoms with Crippen LogP contribution in [-0.2, 0) is 28.5 Å². The minimum absolute atomic E-state index is 0.194. The third kappa shape index (κ3) is 9.64. The van der Waals surface area contributed by atoms with E-state index >= 15 is 0 Å². The Hall–Kier alpha value is -4.28. The third-order valence-electron chi connectivity index (χ3n) is 4.90. The molecule has 0 spiro atoms. The molecule has 2 aromatic carbocycles. The van der Waals surface area contributed by atoms with Gasteiger partial charge in [-0.05, 0) is 49.2 Å². The van der Waals surface area contributed by atoms with Gasteiger partial charge in [-0.15, -0.1) is 0 Å². The summed E-state index contributed by atoms with van der Waals surface area (Å²) in [6, 6.07) is 13.0.